The van der Waals surface area contributed by atoms with Gasteiger partial charge in [-0.3, -0.25) is 4.79 Å². The number of amides is 1. The first-order valence-corrected chi connectivity index (χ1v) is 10.4. The minimum absolute atomic E-state index is 0.215. The molecule has 156 valence electrons. The van der Waals surface area contributed by atoms with E-state index in [4.69, 9.17) is 36.3 Å². The summed E-state index contributed by atoms with van der Waals surface area (Å²) in [4.78, 5) is 11.4. The maximum Gasteiger partial charge on any atom is 0.237 e. The SMILES string of the molecule is N[C@@H](CS)C(=O)NCCOCCOCCOCCOCCCCCCCl. The van der Waals surface area contributed by atoms with Crippen molar-refractivity contribution in [1.82, 2.24) is 5.32 Å². The Morgan fingerprint density at radius 2 is 1.35 bits per heavy atom. The van der Waals surface area contributed by atoms with E-state index in [0.717, 1.165) is 25.3 Å². The molecule has 0 unspecified atom stereocenters. The zero-order valence-corrected chi connectivity index (χ0v) is 17.3. The highest BCUT2D eigenvalue weighted by Gasteiger charge is 2.09. The minimum atomic E-state index is -0.576. The van der Waals surface area contributed by atoms with Crippen molar-refractivity contribution in [2.75, 3.05) is 71.0 Å². The van der Waals surface area contributed by atoms with Crippen LogP contribution in [0.2, 0.25) is 0 Å². The smallest absolute Gasteiger partial charge is 0.237 e. The minimum Gasteiger partial charge on any atom is -0.379 e. The molecule has 0 saturated heterocycles. The number of alkyl halides is 1. The number of rotatable bonds is 20. The predicted molar refractivity (Wildman–Crippen MR) is 107 cm³/mol. The molecule has 0 heterocycles. The van der Waals surface area contributed by atoms with Crippen LogP contribution in [0.4, 0.5) is 0 Å². The van der Waals surface area contributed by atoms with Gasteiger partial charge in [-0.25, -0.2) is 0 Å². The van der Waals surface area contributed by atoms with Gasteiger partial charge in [-0.05, 0) is 12.8 Å². The lowest BCUT2D eigenvalue weighted by Crippen LogP contribution is -2.43. The van der Waals surface area contributed by atoms with Crippen molar-refractivity contribution < 1.29 is 23.7 Å². The number of hydrogen-bond acceptors (Lipinski definition) is 7. The molecule has 0 aliphatic heterocycles. The Hall–Kier alpha value is -0.0900. The molecule has 1 amide bonds. The summed E-state index contributed by atoms with van der Waals surface area (Å²) in [6.07, 6.45) is 4.49. The molecule has 0 spiro atoms. The Kier molecular flexibility index (Phi) is 21.1. The maximum atomic E-state index is 11.4. The van der Waals surface area contributed by atoms with Crippen LogP contribution in [-0.2, 0) is 23.7 Å². The second-order valence-electron chi connectivity index (χ2n) is 5.63. The average Bonchev–Trinajstić information content (AvgIpc) is 2.66. The van der Waals surface area contributed by atoms with E-state index in [-0.39, 0.29) is 5.91 Å². The van der Waals surface area contributed by atoms with E-state index in [2.05, 4.69) is 17.9 Å². The highest BCUT2D eigenvalue weighted by atomic mass is 35.5. The fourth-order valence-corrected chi connectivity index (χ4v) is 2.23. The van der Waals surface area contributed by atoms with E-state index in [1.165, 1.54) is 12.8 Å². The van der Waals surface area contributed by atoms with Crippen molar-refractivity contribution >= 4 is 30.1 Å². The van der Waals surface area contributed by atoms with Gasteiger partial charge in [0, 0.05) is 24.8 Å². The average molecular weight is 415 g/mol. The first kappa shape index (κ1) is 25.9. The van der Waals surface area contributed by atoms with Gasteiger partial charge in [-0.2, -0.15) is 12.6 Å². The van der Waals surface area contributed by atoms with E-state index < -0.39 is 6.04 Å². The van der Waals surface area contributed by atoms with Gasteiger partial charge < -0.3 is 30.0 Å². The summed E-state index contributed by atoms with van der Waals surface area (Å²) in [5.41, 5.74) is 5.52. The van der Waals surface area contributed by atoms with E-state index >= 15 is 0 Å². The lowest BCUT2D eigenvalue weighted by Gasteiger charge is -2.10. The molecule has 0 bridgehead atoms. The third kappa shape index (κ3) is 18.7. The maximum absolute atomic E-state index is 11.4. The molecule has 3 N–H and O–H groups in total. The highest BCUT2D eigenvalue weighted by molar-refractivity contribution is 7.80. The van der Waals surface area contributed by atoms with Crippen LogP contribution in [0.5, 0.6) is 0 Å². The predicted octanol–water partition coefficient (Wildman–Crippen LogP) is 1.23. The number of hydrogen-bond donors (Lipinski definition) is 3. The fraction of sp³-hybridized carbons (Fsp3) is 0.941. The van der Waals surface area contributed by atoms with Crippen LogP contribution in [0.15, 0.2) is 0 Å². The zero-order valence-electron chi connectivity index (χ0n) is 15.6. The number of carbonyl (C=O) groups is 1. The molecule has 0 aliphatic carbocycles. The third-order valence-corrected chi connectivity index (χ3v) is 4.03. The second-order valence-corrected chi connectivity index (χ2v) is 6.38. The lowest BCUT2D eigenvalue weighted by molar-refractivity contribution is -0.122. The highest BCUT2D eigenvalue weighted by Crippen LogP contribution is 2.01. The summed E-state index contributed by atoms with van der Waals surface area (Å²) in [7, 11) is 0. The number of carbonyl (C=O) groups excluding carboxylic acids is 1. The van der Waals surface area contributed by atoms with Crippen LogP contribution in [0, 0.1) is 0 Å². The lowest BCUT2D eigenvalue weighted by atomic mass is 10.2. The normalized spacial score (nSPS) is 12.3. The van der Waals surface area contributed by atoms with Crippen molar-refractivity contribution in [2.45, 2.75) is 31.7 Å². The Bertz CT molecular complexity index is 317. The number of thiol groups is 1. The molecule has 0 aromatic carbocycles. The Morgan fingerprint density at radius 3 is 1.88 bits per heavy atom. The molecule has 9 heteroatoms. The zero-order chi connectivity index (χ0) is 19.3. The molecule has 0 aromatic rings. The first-order chi connectivity index (χ1) is 12.7. The van der Waals surface area contributed by atoms with Gasteiger partial charge >= 0.3 is 0 Å². The van der Waals surface area contributed by atoms with Crippen LogP contribution < -0.4 is 11.1 Å². The molecule has 1 atom stereocenters. The van der Waals surface area contributed by atoms with E-state index in [0.29, 0.717) is 58.5 Å². The molecule has 0 aromatic heterocycles. The molecule has 0 rings (SSSR count). The van der Waals surface area contributed by atoms with Gasteiger partial charge in [0.15, 0.2) is 0 Å². The van der Waals surface area contributed by atoms with Gasteiger partial charge in [0.1, 0.15) is 0 Å². The van der Waals surface area contributed by atoms with Gasteiger partial charge in [0.2, 0.25) is 5.91 Å². The van der Waals surface area contributed by atoms with Crippen LogP contribution in [0.1, 0.15) is 25.7 Å². The first-order valence-electron chi connectivity index (χ1n) is 9.23. The number of nitrogens with one attached hydrogen (secondary N) is 1. The molecule has 7 nitrogen and oxygen atoms in total. The van der Waals surface area contributed by atoms with Gasteiger partial charge in [-0.15, -0.1) is 11.6 Å². The second kappa shape index (κ2) is 21.2. The van der Waals surface area contributed by atoms with Crippen molar-refractivity contribution in [2.24, 2.45) is 5.73 Å². The third-order valence-electron chi connectivity index (χ3n) is 3.37. The summed E-state index contributed by atoms with van der Waals surface area (Å²) in [5, 5.41) is 2.67. The van der Waals surface area contributed by atoms with Gasteiger partial charge in [-0.1, -0.05) is 12.8 Å². The molecule has 0 radical (unpaired) electrons. The molecule has 26 heavy (non-hydrogen) atoms. The van der Waals surface area contributed by atoms with Crippen molar-refractivity contribution in [3.63, 3.8) is 0 Å². The summed E-state index contributed by atoms with van der Waals surface area (Å²) >= 11 is 9.57. The van der Waals surface area contributed by atoms with Gasteiger partial charge in [0.25, 0.3) is 0 Å². The number of nitrogens with two attached hydrogens (primary N) is 1. The van der Waals surface area contributed by atoms with E-state index in [1.807, 2.05) is 0 Å². The largest absolute Gasteiger partial charge is 0.379 e. The Balaban J connectivity index is 3.08. The Morgan fingerprint density at radius 1 is 0.846 bits per heavy atom. The van der Waals surface area contributed by atoms with E-state index in [1.54, 1.807) is 0 Å². The summed E-state index contributed by atoms with van der Waals surface area (Å²) in [6.45, 7) is 4.85. The van der Waals surface area contributed by atoms with Crippen LogP contribution in [-0.4, -0.2) is 83.0 Å². The van der Waals surface area contributed by atoms with Crippen LogP contribution in [0.3, 0.4) is 0 Å². The molecular formula is C17H35ClN2O5S. The quantitative estimate of drug-likeness (QED) is 0.158. The monoisotopic (exact) mass is 414 g/mol. The number of halogens is 1. The summed E-state index contributed by atoms with van der Waals surface area (Å²) in [5.74, 6) is 0.851. The van der Waals surface area contributed by atoms with Crippen molar-refractivity contribution in [3.05, 3.63) is 0 Å². The fourth-order valence-electron chi connectivity index (χ4n) is 1.87. The van der Waals surface area contributed by atoms with Gasteiger partial charge in [0.05, 0.1) is 52.3 Å². The van der Waals surface area contributed by atoms with Crippen molar-refractivity contribution in [1.29, 1.82) is 0 Å². The summed E-state index contributed by atoms with van der Waals surface area (Å²) < 4.78 is 21.6. The molecule has 0 saturated carbocycles. The molecular weight excluding hydrogens is 380 g/mol. The van der Waals surface area contributed by atoms with Crippen LogP contribution >= 0.6 is 24.2 Å². The van der Waals surface area contributed by atoms with Crippen LogP contribution in [0.25, 0.3) is 0 Å². The number of unbranched alkanes of at least 4 members (excludes halogenated alkanes) is 3. The number of ether oxygens (including phenoxy) is 4. The van der Waals surface area contributed by atoms with E-state index in [9.17, 15) is 4.79 Å². The molecule has 0 aliphatic rings. The molecule has 0 fully saturated rings. The summed E-state index contributed by atoms with van der Waals surface area (Å²) in [6, 6.07) is -0.576. The standard InChI is InChI=1S/C17H35ClN2O5S/c18-5-3-1-2-4-7-22-9-11-24-13-14-25-12-10-23-8-6-20-17(21)16(19)15-26/h16,26H,1-15,19H2,(H,20,21)/t16-/m0/s1. The topological polar surface area (TPSA) is 92.0 Å². The Labute approximate surface area is 168 Å². The van der Waals surface area contributed by atoms with Crippen molar-refractivity contribution in [3.8, 4) is 0 Å².